The number of anilines is 1. The van der Waals surface area contributed by atoms with Gasteiger partial charge in [0.2, 0.25) is 5.89 Å². The van der Waals surface area contributed by atoms with Crippen molar-refractivity contribution in [3.8, 4) is 22.7 Å². The van der Waals surface area contributed by atoms with Crippen LogP contribution in [-0.2, 0) is 6.54 Å². The summed E-state index contributed by atoms with van der Waals surface area (Å²) in [6.07, 6.45) is 0.337. The van der Waals surface area contributed by atoms with Gasteiger partial charge in [0, 0.05) is 43.0 Å². The third kappa shape index (κ3) is 6.53. The predicted octanol–water partition coefficient (Wildman–Crippen LogP) is 5.10. The van der Waals surface area contributed by atoms with E-state index in [1.54, 1.807) is 16.8 Å². The number of piperazine rings is 1. The molecule has 8 nitrogen and oxygen atoms in total. The second-order valence-electron chi connectivity index (χ2n) is 8.62. The molecule has 1 aliphatic rings. The van der Waals surface area contributed by atoms with E-state index >= 15 is 0 Å². The quantitative estimate of drug-likeness (QED) is 0.325. The molecule has 196 valence electrons. The van der Waals surface area contributed by atoms with Crippen molar-refractivity contribution in [2.24, 2.45) is 0 Å². The SMILES string of the molecule is CCCN1CCN(c2cccc(-c3cn(Cc4ccc(-c5nnc(C(F)F)o5)cc4)nn3)c2)CC1.CF. The Bertz CT molecular complexity index is 1250. The van der Waals surface area contributed by atoms with Crippen molar-refractivity contribution in [2.45, 2.75) is 26.3 Å². The number of hydrogen-bond acceptors (Lipinski definition) is 7. The van der Waals surface area contributed by atoms with Crippen molar-refractivity contribution < 1.29 is 17.6 Å². The van der Waals surface area contributed by atoms with Crippen LogP contribution in [0, 0.1) is 0 Å². The first-order valence-electron chi connectivity index (χ1n) is 12.2. The lowest BCUT2D eigenvalue weighted by Crippen LogP contribution is -2.46. The molecule has 4 aromatic rings. The summed E-state index contributed by atoms with van der Waals surface area (Å²) >= 11 is 0. The Morgan fingerprint density at radius 3 is 2.35 bits per heavy atom. The maximum Gasteiger partial charge on any atom is 0.314 e. The minimum absolute atomic E-state index is 0.0709. The monoisotopic (exact) mass is 513 g/mol. The highest BCUT2D eigenvalue weighted by Gasteiger charge is 2.18. The van der Waals surface area contributed by atoms with Crippen LogP contribution in [-0.4, -0.2) is 70.0 Å². The van der Waals surface area contributed by atoms with Gasteiger partial charge in [-0.2, -0.15) is 8.78 Å². The van der Waals surface area contributed by atoms with Gasteiger partial charge in [-0.3, -0.25) is 9.29 Å². The lowest BCUT2D eigenvalue weighted by Gasteiger charge is -2.36. The molecule has 0 aliphatic carbocycles. The van der Waals surface area contributed by atoms with E-state index in [0.717, 1.165) is 49.5 Å². The Morgan fingerprint density at radius 1 is 0.919 bits per heavy atom. The van der Waals surface area contributed by atoms with Crippen LogP contribution in [0.2, 0.25) is 0 Å². The number of alkyl halides is 3. The lowest BCUT2D eigenvalue weighted by molar-refractivity contribution is 0.116. The van der Waals surface area contributed by atoms with Gasteiger partial charge >= 0.3 is 6.43 Å². The molecule has 0 bridgehead atoms. The predicted molar refractivity (Wildman–Crippen MR) is 135 cm³/mol. The van der Waals surface area contributed by atoms with Gasteiger partial charge in [-0.1, -0.05) is 36.4 Å². The molecule has 2 aromatic carbocycles. The van der Waals surface area contributed by atoms with Crippen LogP contribution in [0.5, 0.6) is 0 Å². The number of hydrogen-bond donors (Lipinski definition) is 0. The second-order valence-corrected chi connectivity index (χ2v) is 8.62. The van der Waals surface area contributed by atoms with E-state index in [4.69, 9.17) is 4.42 Å². The van der Waals surface area contributed by atoms with E-state index in [1.807, 2.05) is 18.3 Å². The van der Waals surface area contributed by atoms with Crippen molar-refractivity contribution in [3.63, 3.8) is 0 Å². The fraction of sp³-hybridized carbons (Fsp3) is 0.385. The summed E-state index contributed by atoms with van der Waals surface area (Å²) in [5, 5.41) is 15.7. The number of halogens is 3. The van der Waals surface area contributed by atoms with Gasteiger partial charge in [-0.25, -0.2) is 4.68 Å². The molecule has 5 rings (SSSR count). The van der Waals surface area contributed by atoms with Crippen molar-refractivity contribution in [3.05, 3.63) is 66.2 Å². The minimum atomic E-state index is -2.78. The Balaban J connectivity index is 0.00000156. The van der Waals surface area contributed by atoms with Crippen molar-refractivity contribution in [1.82, 2.24) is 30.1 Å². The fourth-order valence-corrected chi connectivity index (χ4v) is 4.29. The zero-order valence-corrected chi connectivity index (χ0v) is 20.9. The Kier molecular flexibility index (Phi) is 8.89. The molecule has 1 saturated heterocycles. The molecule has 0 atom stereocenters. The molecular formula is C26H30F3N7O. The largest absolute Gasteiger partial charge is 0.415 e. The zero-order valence-electron chi connectivity index (χ0n) is 20.9. The van der Waals surface area contributed by atoms with Crippen LogP contribution in [0.15, 0.2) is 59.1 Å². The van der Waals surface area contributed by atoms with Gasteiger partial charge in [0.25, 0.3) is 5.89 Å². The zero-order chi connectivity index (χ0) is 26.2. The summed E-state index contributed by atoms with van der Waals surface area (Å²) in [5.41, 5.74) is 4.63. The molecular weight excluding hydrogens is 483 g/mol. The van der Waals surface area contributed by atoms with Crippen LogP contribution < -0.4 is 4.90 Å². The summed E-state index contributed by atoms with van der Waals surface area (Å²) in [4.78, 5) is 4.94. The van der Waals surface area contributed by atoms with Crippen molar-refractivity contribution >= 4 is 5.69 Å². The van der Waals surface area contributed by atoms with Crippen LogP contribution >= 0.6 is 0 Å². The molecule has 0 N–H and O–H groups in total. The van der Waals surface area contributed by atoms with Gasteiger partial charge in [0.15, 0.2) is 0 Å². The molecule has 3 heterocycles. The molecule has 0 unspecified atom stereocenters. The highest BCUT2D eigenvalue weighted by molar-refractivity contribution is 5.65. The third-order valence-electron chi connectivity index (χ3n) is 6.13. The van der Waals surface area contributed by atoms with Gasteiger partial charge in [-0.05, 0) is 42.8 Å². The van der Waals surface area contributed by atoms with Crippen LogP contribution in [0.25, 0.3) is 22.7 Å². The smallest absolute Gasteiger partial charge is 0.314 e. The van der Waals surface area contributed by atoms with Crippen LogP contribution in [0.3, 0.4) is 0 Å². The summed E-state index contributed by atoms with van der Waals surface area (Å²) < 4.78 is 41.6. The van der Waals surface area contributed by atoms with E-state index < -0.39 is 12.3 Å². The number of rotatable bonds is 8. The van der Waals surface area contributed by atoms with Crippen LogP contribution in [0.4, 0.5) is 18.9 Å². The first kappa shape index (κ1) is 26.3. The Hall–Kier alpha value is -3.73. The number of benzene rings is 2. The summed E-state index contributed by atoms with van der Waals surface area (Å²) in [7, 11) is 0.500. The average Bonchev–Trinajstić information content (AvgIpc) is 3.62. The second kappa shape index (κ2) is 12.5. The minimum Gasteiger partial charge on any atom is -0.415 e. The first-order chi connectivity index (χ1) is 18.1. The summed E-state index contributed by atoms with van der Waals surface area (Å²) in [6.45, 7) is 8.15. The molecule has 11 heteroatoms. The summed E-state index contributed by atoms with van der Waals surface area (Å²) in [6, 6.07) is 15.7. The van der Waals surface area contributed by atoms with E-state index in [0.29, 0.717) is 19.3 Å². The van der Waals surface area contributed by atoms with Gasteiger partial charge in [-0.15, -0.1) is 15.3 Å². The maximum atomic E-state index is 12.7. The molecule has 0 spiro atoms. The molecule has 0 saturated carbocycles. The lowest BCUT2D eigenvalue weighted by atomic mass is 10.1. The average molecular weight is 514 g/mol. The third-order valence-corrected chi connectivity index (χ3v) is 6.13. The van der Waals surface area contributed by atoms with E-state index in [-0.39, 0.29) is 5.89 Å². The fourth-order valence-electron chi connectivity index (χ4n) is 4.29. The Morgan fingerprint density at radius 2 is 1.68 bits per heavy atom. The van der Waals surface area contributed by atoms with E-state index in [9.17, 15) is 13.2 Å². The molecule has 1 aliphatic heterocycles. The normalized spacial score (nSPS) is 14.1. The first-order valence-corrected chi connectivity index (χ1v) is 12.2. The van der Waals surface area contributed by atoms with Gasteiger partial charge in [0.05, 0.1) is 19.9 Å². The molecule has 1 fully saturated rings. The topological polar surface area (TPSA) is 76.1 Å². The van der Waals surface area contributed by atoms with Gasteiger partial charge < -0.3 is 9.32 Å². The molecule has 0 amide bonds. The molecule has 0 radical (unpaired) electrons. The molecule has 2 aromatic heterocycles. The van der Waals surface area contributed by atoms with Crippen molar-refractivity contribution in [1.29, 1.82) is 0 Å². The molecule has 37 heavy (non-hydrogen) atoms. The number of aromatic nitrogens is 5. The van der Waals surface area contributed by atoms with Gasteiger partial charge in [0.1, 0.15) is 5.69 Å². The standard InChI is InChI=1S/C25H27F2N7O.CH3F/c1-2-10-32-11-13-33(14-12-32)21-5-3-4-20(15-21)22-17-34(31-28-22)16-18-6-8-19(9-7-18)24-29-30-25(35-24)23(26)27;1-2/h3-9,15,17,23H,2,10-14,16H2,1H3;1H3. The maximum absolute atomic E-state index is 12.7. The van der Waals surface area contributed by atoms with E-state index in [2.05, 4.69) is 61.5 Å². The van der Waals surface area contributed by atoms with Crippen molar-refractivity contribution in [2.75, 3.05) is 44.8 Å². The highest BCUT2D eigenvalue weighted by Crippen LogP contribution is 2.25. The van der Waals surface area contributed by atoms with E-state index in [1.165, 1.54) is 12.1 Å². The highest BCUT2D eigenvalue weighted by atomic mass is 19.3. The van der Waals surface area contributed by atoms with Crippen LogP contribution in [0.1, 0.15) is 31.2 Å². The Labute approximate surface area is 213 Å². The summed E-state index contributed by atoms with van der Waals surface area (Å²) in [5.74, 6) is -0.608. The number of nitrogens with zero attached hydrogens (tertiary/aromatic N) is 7.